The predicted octanol–water partition coefficient (Wildman–Crippen LogP) is 0.320. The van der Waals surface area contributed by atoms with Crippen molar-refractivity contribution in [1.29, 1.82) is 0 Å². The van der Waals surface area contributed by atoms with Crippen molar-refractivity contribution in [3.63, 3.8) is 0 Å². The Morgan fingerprint density at radius 1 is 1.62 bits per heavy atom. The molecule has 16 heavy (non-hydrogen) atoms. The first-order valence-corrected chi connectivity index (χ1v) is 5.44. The molecule has 2 N–H and O–H groups in total. The maximum atomic E-state index is 11.5. The lowest BCUT2D eigenvalue weighted by Gasteiger charge is -2.07. The molecular weight excluding hydrogens is 228 g/mol. The molecule has 0 aromatic carbocycles. The van der Waals surface area contributed by atoms with Gasteiger partial charge in [0, 0.05) is 12.6 Å². The zero-order valence-corrected chi connectivity index (χ0v) is 9.84. The molecule has 1 heterocycles. The molecule has 0 aliphatic carbocycles. The van der Waals surface area contributed by atoms with E-state index in [0.717, 1.165) is 0 Å². The van der Waals surface area contributed by atoms with Crippen molar-refractivity contribution >= 4 is 18.5 Å². The van der Waals surface area contributed by atoms with E-state index in [1.54, 1.807) is 6.07 Å². The second kappa shape index (κ2) is 6.22. The summed E-state index contributed by atoms with van der Waals surface area (Å²) >= 11 is 3.95. The highest BCUT2D eigenvalue weighted by Gasteiger charge is 2.08. The molecule has 1 aromatic heterocycles. The minimum absolute atomic E-state index is 0.139. The molecule has 0 saturated carbocycles. The highest BCUT2D eigenvalue weighted by Crippen LogP contribution is 2.11. The predicted molar refractivity (Wildman–Crippen MR) is 63.9 cm³/mol. The Morgan fingerprint density at radius 2 is 2.38 bits per heavy atom. The number of H-pyrrole nitrogens is 1. The molecule has 1 amide bonds. The van der Waals surface area contributed by atoms with Crippen molar-refractivity contribution in [3.05, 3.63) is 28.2 Å². The van der Waals surface area contributed by atoms with Crippen LogP contribution in [0.5, 0.6) is 5.75 Å². The minimum atomic E-state index is -0.259. The summed E-state index contributed by atoms with van der Waals surface area (Å²) < 4.78 is 5.03. The molecule has 5 nitrogen and oxygen atoms in total. The topological polar surface area (TPSA) is 71.2 Å². The van der Waals surface area contributed by atoms with Gasteiger partial charge in [0.2, 0.25) is 5.91 Å². The number of methoxy groups -OCH3 is 1. The Hall–Kier alpha value is -1.43. The average molecular weight is 242 g/mol. The third-order valence-electron chi connectivity index (χ3n) is 2.04. The van der Waals surface area contributed by atoms with Crippen LogP contribution in [0.15, 0.2) is 17.1 Å². The number of aromatic amines is 1. The number of aromatic nitrogens is 1. The SMILES string of the molecule is COc1cc[nH]c(=O)c1CNC(=O)CCS. The first kappa shape index (κ1) is 12.6. The highest BCUT2D eigenvalue weighted by atomic mass is 32.1. The standard InChI is InChI=1S/C10H14N2O3S/c1-15-8-2-4-11-10(14)7(8)6-12-9(13)3-5-16/h2,4,16H,3,5-6H2,1H3,(H,11,14)(H,12,13). The van der Waals surface area contributed by atoms with Crippen LogP contribution in [0.1, 0.15) is 12.0 Å². The molecule has 0 aliphatic heterocycles. The summed E-state index contributed by atoms with van der Waals surface area (Å²) in [6.45, 7) is 0.159. The zero-order valence-electron chi connectivity index (χ0n) is 8.95. The smallest absolute Gasteiger partial charge is 0.256 e. The Bertz CT molecular complexity index is 417. The van der Waals surface area contributed by atoms with Gasteiger partial charge < -0.3 is 15.0 Å². The average Bonchev–Trinajstić information content (AvgIpc) is 2.27. The maximum absolute atomic E-state index is 11.5. The van der Waals surface area contributed by atoms with Gasteiger partial charge in [-0.2, -0.15) is 12.6 Å². The van der Waals surface area contributed by atoms with E-state index < -0.39 is 0 Å². The summed E-state index contributed by atoms with van der Waals surface area (Å²) in [6.07, 6.45) is 1.83. The van der Waals surface area contributed by atoms with Crippen LogP contribution < -0.4 is 15.6 Å². The number of amides is 1. The van der Waals surface area contributed by atoms with E-state index in [9.17, 15) is 9.59 Å². The third-order valence-corrected chi connectivity index (χ3v) is 2.27. The fraction of sp³-hybridized carbons (Fsp3) is 0.400. The van der Waals surface area contributed by atoms with Crippen LogP contribution in [0.2, 0.25) is 0 Å². The Balaban J connectivity index is 2.73. The van der Waals surface area contributed by atoms with Crippen molar-refractivity contribution in [2.45, 2.75) is 13.0 Å². The first-order valence-electron chi connectivity index (χ1n) is 4.81. The molecule has 0 spiro atoms. The molecule has 6 heteroatoms. The van der Waals surface area contributed by atoms with Crippen molar-refractivity contribution in [2.24, 2.45) is 0 Å². The number of carbonyl (C=O) groups is 1. The minimum Gasteiger partial charge on any atom is -0.496 e. The van der Waals surface area contributed by atoms with Crippen LogP contribution in [0.25, 0.3) is 0 Å². The number of pyridine rings is 1. The van der Waals surface area contributed by atoms with Crippen molar-refractivity contribution in [2.75, 3.05) is 12.9 Å². The molecular formula is C10H14N2O3S. The molecule has 0 atom stereocenters. The fourth-order valence-corrected chi connectivity index (χ4v) is 1.43. The molecule has 0 unspecified atom stereocenters. The van der Waals surface area contributed by atoms with Crippen LogP contribution >= 0.6 is 12.6 Å². The van der Waals surface area contributed by atoms with Gasteiger partial charge in [-0.1, -0.05) is 0 Å². The number of carbonyl (C=O) groups excluding carboxylic acids is 1. The first-order chi connectivity index (χ1) is 7.69. The van der Waals surface area contributed by atoms with Gasteiger partial charge in [-0.05, 0) is 11.8 Å². The number of thiol groups is 1. The Morgan fingerprint density at radius 3 is 3.00 bits per heavy atom. The lowest BCUT2D eigenvalue weighted by Crippen LogP contribution is -2.27. The lowest BCUT2D eigenvalue weighted by molar-refractivity contribution is -0.120. The van der Waals surface area contributed by atoms with Gasteiger partial charge in [-0.3, -0.25) is 9.59 Å². The van der Waals surface area contributed by atoms with Gasteiger partial charge in [0.15, 0.2) is 0 Å². The second-order valence-electron chi connectivity index (χ2n) is 3.10. The molecule has 0 radical (unpaired) electrons. The van der Waals surface area contributed by atoms with Crippen LogP contribution in [0.4, 0.5) is 0 Å². The number of hydrogen-bond acceptors (Lipinski definition) is 4. The van der Waals surface area contributed by atoms with Crippen LogP contribution in [0, 0.1) is 0 Å². The number of nitrogens with one attached hydrogen (secondary N) is 2. The lowest BCUT2D eigenvalue weighted by atomic mass is 10.2. The Kier molecular flexibility index (Phi) is 4.91. The number of ether oxygens (including phenoxy) is 1. The molecule has 1 aromatic rings. The number of rotatable bonds is 5. The van der Waals surface area contributed by atoms with Crippen molar-refractivity contribution in [1.82, 2.24) is 10.3 Å². The zero-order chi connectivity index (χ0) is 12.0. The highest BCUT2D eigenvalue weighted by molar-refractivity contribution is 7.80. The van der Waals surface area contributed by atoms with E-state index in [0.29, 0.717) is 23.5 Å². The second-order valence-corrected chi connectivity index (χ2v) is 3.55. The summed E-state index contributed by atoms with van der Waals surface area (Å²) in [7, 11) is 1.48. The van der Waals surface area contributed by atoms with E-state index in [4.69, 9.17) is 4.74 Å². The molecule has 0 fully saturated rings. The van der Waals surface area contributed by atoms with E-state index in [1.165, 1.54) is 13.3 Å². The van der Waals surface area contributed by atoms with Crippen molar-refractivity contribution < 1.29 is 9.53 Å². The van der Waals surface area contributed by atoms with Crippen LogP contribution in [-0.4, -0.2) is 23.8 Å². The summed E-state index contributed by atoms with van der Waals surface area (Å²) in [5, 5.41) is 2.63. The molecule has 0 saturated heterocycles. The Labute approximate surface area is 98.6 Å². The molecule has 0 bridgehead atoms. The third kappa shape index (κ3) is 3.30. The normalized spacial score (nSPS) is 9.88. The van der Waals surface area contributed by atoms with E-state index in [1.807, 2.05) is 0 Å². The number of hydrogen-bond donors (Lipinski definition) is 3. The van der Waals surface area contributed by atoms with Gasteiger partial charge in [0.1, 0.15) is 5.75 Å². The fourth-order valence-electron chi connectivity index (χ4n) is 1.23. The molecule has 0 aliphatic rings. The quantitative estimate of drug-likeness (QED) is 0.651. The van der Waals surface area contributed by atoms with Gasteiger partial charge in [0.05, 0.1) is 19.2 Å². The summed E-state index contributed by atoms with van der Waals surface area (Å²) in [4.78, 5) is 25.2. The van der Waals surface area contributed by atoms with E-state index in [2.05, 4.69) is 22.9 Å². The largest absolute Gasteiger partial charge is 0.496 e. The summed E-state index contributed by atoms with van der Waals surface area (Å²) in [5.74, 6) is 0.809. The summed E-state index contributed by atoms with van der Waals surface area (Å²) in [6, 6.07) is 1.64. The molecule has 88 valence electrons. The van der Waals surface area contributed by atoms with Crippen LogP contribution in [0.3, 0.4) is 0 Å². The molecule has 1 rings (SSSR count). The van der Waals surface area contributed by atoms with E-state index in [-0.39, 0.29) is 18.0 Å². The van der Waals surface area contributed by atoms with Gasteiger partial charge >= 0.3 is 0 Å². The monoisotopic (exact) mass is 242 g/mol. The van der Waals surface area contributed by atoms with Crippen molar-refractivity contribution in [3.8, 4) is 5.75 Å². The maximum Gasteiger partial charge on any atom is 0.256 e. The van der Waals surface area contributed by atoms with Gasteiger partial charge in [0.25, 0.3) is 5.56 Å². The van der Waals surface area contributed by atoms with Gasteiger partial charge in [-0.15, -0.1) is 0 Å². The summed E-state index contributed by atoms with van der Waals surface area (Å²) in [5.41, 5.74) is 0.156. The van der Waals surface area contributed by atoms with Gasteiger partial charge in [-0.25, -0.2) is 0 Å². The van der Waals surface area contributed by atoms with Crippen LogP contribution in [-0.2, 0) is 11.3 Å². The van der Waals surface area contributed by atoms with E-state index >= 15 is 0 Å².